The summed E-state index contributed by atoms with van der Waals surface area (Å²) >= 11 is 3.33. The van der Waals surface area contributed by atoms with Crippen LogP contribution in [0.1, 0.15) is 19.4 Å². The summed E-state index contributed by atoms with van der Waals surface area (Å²) in [4.78, 5) is 0. The first-order valence-corrected chi connectivity index (χ1v) is 4.92. The van der Waals surface area contributed by atoms with Crippen LogP contribution >= 0.6 is 15.9 Å². The van der Waals surface area contributed by atoms with E-state index in [9.17, 15) is 0 Å². The molecule has 0 fully saturated rings. The third kappa shape index (κ3) is 2.99. The number of hydrogen-bond acceptors (Lipinski definition) is 2. The Morgan fingerprint density at radius 2 is 2.33 bits per heavy atom. The van der Waals surface area contributed by atoms with E-state index >= 15 is 0 Å². The van der Waals surface area contributed by atoms with Crippen molar-refractivity contribution in [1.29, 1.82) is 0 Å². The molecule has 0 radical (unpaired) electrons. The number of hydrogen-bond donors (Lipinski definition) is 1. The summed E-state index contributed by atoms with van der Waals surface area (Å²) < 4.78 is 5.93. The molecule has 1 aromatic rings. The highest BCUT2D eigenvalue weighted by Gasteiger charge is 2.01. The van der Waals surface area contributed by atoms with Crippen molar-refractivity contribution in [3.8, 4) is 0 Å². The van der Waals surface area contributed by atoms with Gasteiger partial charge in [-0.1, -0.05) is 13.8 Å². The molecule has 0 aliphatic carbocycles. The molecule has 0 bridgehead atoms. The van der Waals surface area contributed by atoms with Gasteiger partial charge in [0.2, 0.25) is 0 Å². The van der Waals surface area contributed by atoms with Gasteiger partial charge >= 0.3 is 0 Å². The summed E-state index contributed by atoms with van der Waals surface area (Å²) in [5, 5.41) is 3.34. The summed E-state index contributed by atoms with van der Waals surface area (Å²) in [5.74, 6) is 0.690. The van der Waals surface area contributed by atoms with Gasteiger partial charge in [-0.25, -0.2) is 0 Å². The Hall–Kier alpha value is -0.280. The molecular weight excluding hydrogens is 218 g/mol. The smallest absolute Gasteiger partial charge is 0.173 e. The predicted molar refractivity (Wildman–Crippen MR) is 53.0 cm³/mol. The zero-order valence-corrected chi connectivity index (χ0v) is 9.02. The van der Waals surface area contributed by atoms with Crippen LogP contribution < -0.4 is 5.32 Å². The first-order valence-electron chi connectivity index (χ1n) is 4.12. The zero-order valence-electron chi connectivity index (χ0n) is 7.43. The van der Waals surface area contributed by atoms with Gasteiger partial charge in [0, 0.05) is 12.1 Å². The molecule has 0 saturated carbocycles. The first kappa shape index (κ1) is 9.81. The van der Waals surface area contributed by atoms with Crippen molar-refractivity contribution in [2.45, 2.75) is 20.4 Å². The molecule has 1 rings (SSSR count). The van der Waals surface area contributed by atoms with E-state index in [2.05, 4.69) is 35.1 Å². The maximum absolute atomic E-state index is 5.10. The molecule has 0 aromatic carbocycles. The van der Waals surface area contributed by atoms with Crippen LogP contribution in [0.5, 0.6) is 0 Å². The van der Waals surface area contributed by atoms with Gasteiger partial charge in [-0.15, -0.1) is 0 Å². The standard InChI is InChI=1S/C9H14BrNO/c1-7(2)5-11-6-8-3-4-12-9(8)10/h3-4,7,11H,5-6H2,1-2H3. The van der Waals surface area contributed by atoms with Crippen LogP contribution in [0.25, 0.3) is 0 Å². The first-order chi connectivity index (χ1) is 5.70. The van der Waals surface area contributed by atoms with Crippen molar-refractivity contribution in [2.75, 3.05) is 6.54 Å². The molecule has 3 heteroatoms. The fourth-order valence-corrected chi connectivity index (χ4v) is 1.32. The average Bonchev–Trinajstić information content (AvgIpc) is 2.36. The molecular formula is C9H14BrNO. The Kier molecular flexibility index (Phi) is 3.82. The van der Waals surface area contributed by atoms with Gasteiger partial charge in [-0.05, 0) is 34.5 Å². The van der Waals surface area contributed by atoms with Crippen molar-refractivity contribution in [3.63, 3.8) is 0 Å². The fourth-order valence-electron chi connectivity index (χ4n) is 0.941. The van der Waals surface area contributed by atoms with Gasteiger partial charge < -0.3 is 9.73 Å². The molecule has 68 valence electrons. The van der Waals surface area contributed by atoms with Gasteiger partial charge in [0.25, 0.3) is 0 Å². The van der Waals surface area contributed by atoms with Crippen molar-refractivity contribution < 1.29 is 4.42 Å². The van der Waals surface area contributed by atoms with Crippen molar-refractivity contribution in [3.05, 3.63) is 22.6 Å². The summed E-state index contributed by atoms with van der Waals surface area (Å²) in [6, 6.07) is 1.97. The Morgan fingerprint density at radius 1 is 1.58 bits per heavy atom. The molecule has 0 unspecified atom stereocenters. The Labute approximate surface area is 81.5 Å². The Morgan fingerprint density at radius 3 is 2.83 bits per heavy atom. The van der Waals surface area contributed by atoms with Crippen molar-refractivity contribution in [1.82, 2.24) is 5.32 Å². The molecule has 0 aliphatic rings. The van der Waals surface area contributed by atoms with Crippen LogP contribution in [-0.2, 0) is 6.54 Å². The lowest BCUT2D eigenvalue weighted by Gasteiger charge is -2.05. The maximum Gasteiger partial charge on any atom is 0.173 e. The SMILES string of the molecule is CC(C)CNCc1ccoc1Br. The molecule has 1 heterocycles. The van der Waals surface area contributed by atoms with Gasteiger partial charge in [-0.2, -0.15) is 0 Å². The van der Waals surface area contributed by atoms with E-state index in [1.807, 2.05) is 6.07 Å². The summed E-state index contributed by atoms with van der Waals surface area (Å²) in [6.45, 7) is 6.29. The largest absolute Gasteiger partial charge is 0.457 e. The Bertz CT molecular complexity index is 232. The molecule has 0 aliphatic heterocycles. The van der Waals surface area contributed by atoms with Gasteiger partial charge in [0.05, 0.1) is 6.26 Å². The second-order valence-electron chi connectivity index (χ2n) is 3.24. The van der Waals surface area contributed by atoms with Crippen LogP contribution in [0, 0.1) is 5.92 Å². The van der Waals surface area contributed by atoms with E-state index in [-0.39, 0.29) is 0 Å². The molecule has 12 heavy (non-hydrogen) atoms. The second kappa shape index (κ2) is 4.67. The van der Waals surface area contributed by atoms with Gasteiger partial charge in [0.1, 0.15) is 0 Å². The van der Waals surface area contributed by atoms with E-state index in [1.54, 1.807) is 6.26 Å². The normalized spacial score (nSPS) is 11.0. The van der Waals surface area contributed by atoms with E-state index < -0.39 is 0 Å². The number of furan rings is 1. The molecule has 0 amide bonds. The minimum absolute atomic E-state index is 0.690. The Balaban J connectivity index is 2.29. The summed E-state index contributed by atoms with van der Waals surface area (Å²) in [5.41, 5.74) is 1.18. The van der Waals surface area contributed by atoms with E-state index in [0.717, 1.165) is 17.8 Å². The number of halogens is 1. The second-order valence-corrected chi connectivity index (χ2v) is 3.96. The monoisotopic (exact) mass is 231 g/mol. The number of nitrogens with one attached hydrogen (secondary N) is 1. The highest BCUT2D eigenvalue weighted by Crippen LogP contribution is 2.16. The van der Waals surface area contributed by atoms with E-state index in [0.29, 0.717) is 5.92 Å². The number of rotatable bonds is 4. The highest BCUT2D eigenvalue weighted by atomic mass is 79.9. The van der Waals surface area contributed by atoms with E-state index in [4.69, 9.17) is 4.42 Å². The molecule has 1 aromatic heterocycles. The van der Waals surface area contributed by atoms with Crippen LogP contribution in [-0.4, -0.2) is 6.54 Å². The molecule has 0 atom stereocenters. The predicted octanol–water partition coefficient (Wildman–Crippen LogP) is 2.79. The molecule has 2 nitrogen and oxygen atoms in total. The fraction of sp³-hybridized carbons (Fsp3) is 0.556. The lowest BCUT2D eigenvalue weighted by Crippen LogP contribution is -2.18. The van der Waals surface area contributed by atoms with Crippen molar-refractivity contribution in [2.24, 2.45) is 5.92 Å². The minimum atomic E-state index is 0.690. The quantitative estimate of drug-likeness (QED) is 0.863. The highest BCUT2D eigenvalue weighted by molar-refractivity contribution is 9.10. The van der Waals surface area contributed by atoms with E-state index in [1.165, 1.54) is 5.56 Å². The summed E-state index contributed by atoms with van der Waals surface area (Å²) in [6.07, 6.45) is 1.69. The topological polar surface area (TPSA) is 25.2 Å². The third-order valence-electron chi connectivity index (χ3n) is 1.56. The van der Waals surface area contributed by atoms with Crippen LogP contribution in [0.3, 0.4) is 0 Å². The van der Waals surface area contributed by atoms with Gasteiger partial charge in [0.15, 0.2) is 4.67 Å². The van der Waals surface area contributed by atoms with Crippen LogP contribution in [0.2, 0.25) is 0 Å². The average molecular weight is 232 g/mol. The third-order valence-corrected chi connectivity index (χ3v) is 2.26. The molecule has 0 saturated heterocycles. The lowest BCUT2D eigenvalue weighted by molar-refractivity contribution is 0.523. The molecule has 0 spiro atoms. The van der Waals surface area contributed by atoms with Crippen LogP contribution in [0.4, 0.5) is 0 Å². The maximum atomic E-state index is 5.10. The van der Waals surface area contributed by atoms with Gasteiger partial charge in [-0.3, -0.25) is 0 Å². The zero-order chi connectivity index (χ0) is 8.97. The van der Waals surface area contributed by atoms with Crippen molar-refractivity contribution >= 4 is 15.9 Å². The minimum Gasteiger partial charge on any atom is -0.457 e. The molecule has 1 N–H and O–H groups in total. The lowest BCUT2D eigenvalue weighted by atomic mass is 10.2. The van der Waals surface area contributed by atoms with Crippen LogP contribution in [0.15, 0.2) is 21.4 Å². The summed E-state index contributed by atoms with van der Waals surface area (Å²) in [7, 11) is 0.